The number of hydrogen-bond donors (Lipinski definition) is 4. The molecule has 2 aromatic carbocycles. The van der Waals surface area contributed by atoms with Crippen molar-refractivity contribution in [2.45, 2.75) is 62.7 Å². The number of benzene rings is 2. The van der Waals surface area contributed by atoms with E-state index >= 15 is 0 Å². The Bertz CT molecular complexity index is 1100. The molecule has 3 amide bonds. The molecule has 1 aliphatic heterocycles. The fourth-order valence-electron chi connectivity index (χ4n) is 4.99. The Balaban J connectivity index is 0.00000380. The Morgan fingerprint density at radius 3 is 2.08 bits per heavy atom. The van der Waals surface area contributed by atoms with Crippen molar-refractivity contribution in [3.05, 3.63) is 65.2 Å². The van der Waals surface area contributed by atoms with Gasteiger partial charge in [0.25, 0.3) is 0 Å². The summed E-state index contributed by atoms with van der Waals surface area (Å²) in [6, 6.07) is 9.96. The van der Waals surface area contributed by atoms with Gasteiger partial charge in [-0.3, -0.25) is 4.79 Å². The minimum absolute atomic E-state index is 0. The monoisotopic (exact) mass is 520 g/mol. The fraction of sp³-hybridized carbons (Fsp3) is 0.423. The van der Waals surface area contributed by atoms with E-state index in [4.69, 9.17) is 5.11 Å². The molecule has 0 aromatic heterocycles. The lowest BCUT2D eigenvalue weighted by Crippen LogP contribution is -2.50. The lowest BCUT2D eigenvalue weighted by atomic mass is 9.81. The first-order valence-electron chi connectivity index (χ1n) is 12.0. The van der Waals surface area contributed by atoms with Gasteiger partial charge < -0.3 is 26.8 Å². The highest BCUT2D eigenvalue weighted by Crippen LogP contribution is 2.33. The van der Waals surface area contributed by atoms with Gasteiger partial charge in [-0.05, 0) is 86.4 Å². The van der Waals surface area contributed by atoms with E-state index in [0.29, 0.717) is 25.3 Å². The number of amides is 3. The summed E-state index contributed by atoms with van der Waals surface area (Å²) in [5.41, 5.74) is 0.773. The average Bonchev–Trinajstić information content (AvgIpc) is 3.35. The highest BCUT2D eigenvalue weighted by atomic mass is 19.4. The largest absolute Gasteiger partial charge is 0.478 e. The highest BCUT2D eigenvalue weighted by molar-refractivity contribution is 5.94. The van der Waals surface area contributed by atoms with E-state index in [1.165, 1.54) is 17.0 Å². The number of carboxylic acids is 1. The Morgan fingerprint density at radius 1 is 0.892 bits per heavy atom. The summed E-state index contributed by atoms with van der Waals surface area (Å²) in [6.07, 6.45) is 0.0172. The molecule has 37 heavy (non-hydrogen) atoms. The van der Waals surface area contributed by atoms with Gasteiger partial charge in [0.1, 0.15) is 6.04 Å². The zero-order valence-electron chi connectivity index (χ0n) is 20.3. The van der Waals surface area contributed by atoms with Crippen LogP contribution in [-0.2, 0) is 11.0 Å². The van der Waals surface area contributed by atoms with Crippen molar-refractivity contribution in [1.82, 2.24) is 16.4 Å². The summed E-state index contributed by atoms with van der Waals surface area (Å²) in [7, 11) is 0. The molecule has 0 bridgehead atoms. The quantitative estimate of drug-likeness (QED) is 0.419. The van der Waals surface area contributed by atoms with Gasteiger partial charge in [-0.1, -0.05) is 12.1 Å². The molecule has 0 spiro atoms. The summed E-state index contributed by atoms with van der Waals surface area (Å²) < 4.78 is 38.2. The normalized spacial score (nSPS) is 21.6. The second-order valence-corrected chi connectivity index (χ2v) is 9.34. The van der Waals surface area contributed by atoms with Crippen molar-refractivity contribution in [3.8, 4) is 0 Å². The Labute approximate surface area is 212 Å². The van der Waals surface area contributed by atoms with Gasteiger partial charge in [-0.2, -0.15) is 13.2 Å². The molecular formula is C26H31F3N4O4. The van der Waals surface area contributed by atoms with Crippen LogP contribution in [0.3, 0.4) is 0 Å². The maximum Gasteiger partial charge on any atom is 0.416 e. The van der Waals surface area contributed by atoms with Gasteiger partial charge in [-0.25, -0.2) is 9.59 Å². The van der Waals surface area contributed by atoms with Crippen molar-refractivity contribution in [1.29, 1.82) is 0 Å². The number of rotatable bonds is 5. The summed E-state index contributed by atoms with van der Waals surface area (Å²) in [5, 5.41) is 14.7. The van der Waals surface area contributed by atoms with Crippen molar-refractivity contribution in [3.63, 3.8) is 0 Å². The van der Waals surface area contributed by atoms with E-state index in [1.807, 2.05) is 12.1 Å². The van der Waals surface area contributed by atoms with Crippen LogP contribution < -0.4 is 16.8 Å². The van der Waals surface area contributed by atoms with Gasteiger partial charge in [-0.15, -0.1) is 0 Å². The molecule has 1 heterocycles. The number of nitrogens with zero attached hydrogens (tertiary/aromatic N) is 1. The molecule has 4 rings (SSSR count). The van der Waals surface area contributed by atoms with Gasteiger partial charge in [0.2, 0.25) is 5.91 Å². The predicted molar refractivity (Wildman–Crippen MR) is 132 cm³/mol. The third kappa shape index (κ3) is 6.79. The van der Waals surface area contributed by atoms with E-state index in [9.17, 15) is 27.6 Å². The van der Waals surface area contributed by atoms with Gasteiger partial charge >= 0.3 is 18.2 Å². The van der Waals surface area contributed by atoms with Crippen LogP contribution >= 0.6 is 0 Å². The van der Waals surface area contributed by atoms with Crippen LogP contribution in [0.5, 0.6) is 0 Å². The van der Waals surface area contributed by atoms with E-state index < -0.39 is 29.8 Å². The van der Waals surface area contributed by atoms with Gasteiger partial charge in [0.15, 0.2) is 0 Å². The van der Waals surface area contributed by atoms with Crippen LogP contribution in [0, 0.1) is 0 Å². The van der Waals surface area contributed by atoms with E-state index in [-0.39, 0.29) is 29.4 Å². The number of anilines is 1. The number of alkyl halides is 3. The van der Waals surface area contributed by atoms with E-state index in [0.717, 1.165) is 43.4 Å². The molecule has 8 nitrogen and oxygen atoms in total. The topological polar surface area (TPSA) is 134 Å². The summed E-state index contributed by atoms with van der Waals surface area (Å²) >= 11 is 0. The summed E-state index contributed by atoms with van der Waals surface area (Å²) in [6.45, 7) is 0.392. The number of halogens is 3. The predicted octanol–water partition coefficient (Wildman–Crippen LogP) is 5.40. The fourth-order valence-corrected chi connectivity index (χ4v) is 4.99. The van der Waals surface area contributed by atoms with Crippen LogP contribution in [0.2, 0.25) is 0 Å². The first-order chi connectivity index (χ1) is 17.1. The van der Waals surface area contributed by atoms with Gasteiger partial charge in [0.05, 0.1) is 11.1 Å². The van der Waals surface area contributed by atoms with Crippen LogP contribution in [0.4, 0.5) is 23.7 Å². The molecule has 11 heteroatoms. The van der Waals surface area contributed by atoms with Crippen LogP contribution in [0.1, 0.15) is 65.9 Å². The molecule has 0 unspecified atom stereocenters. The SMILES string of the molecule is N.O=C(O)c1ccc(C2CCC(NC(=O)[C@H]3CCCN3C(=O)Nc3ccc(C(F)(F)F)cc3)CC2)cc1. The Morgan fingerprint density at radius 2 is 1.51 bits per heavy atom. The lowest BCUT2D eigenvalue weighted by Gasteiger charge is -2.31. The molecule has 0 radical (unpaired) electrons. The first-order valence-corrected chi connectivity index (χ1v) is 12.0. The molecule has 2 fully saturated rings. The number of urea groups is 1. The zero-order valence-corrected chi connectivity index (χ0v) is 20.3. The number of nitrogens with one attached hydrogen (secondary N) is 2. The third-order valence-corrected chi connectivity index (χ3v) is 6.98. The minimum Gasteiger partial charge on any atom is -0.478 e. The van der Waals surface area contributed by atoms with Crippen LogP contribution in [0.25, 0.3) is 0 Å². The van der Waals surface area contributed by atoms with E-state index in [1.54, 1.807) is 12.1 Å². The molecular weight excluding hydrogens is 489 g/mol. The molecule has 1 saturated heterocycles. The molecule has 200 valence electrons. The second kappa shape index (κ2) is 11.6. The number of aromatic carboxylic acids is 1. The number of carboxylic acid groups (broad SMARTS) is 1. The zero-order chi connectivity index (χ0) is 25.9. The number of carbonyl (C=O) groups excluding carboxylic acids is 2. The maximum absolute atomic E-state index is 13.0. The molecule has 6 N–H and O–H groups in total. The van der Waals surface area contributed by atoms with Gasteiger partial charge in [0, 0.05) is 18.3 Å². The van der Waals surface area contributed by atoms with Crippen molar-refractivity contribution < 1.29 is 32.7 Å². The van der Waals surface area contributed by atoms with Crippen molar-refractivity contribution in [2.75, 3.05) is 11.9 Å². The van der Waals surface area contributed by atoms with Crippen molar-refractivity contribution >= 4 is 23.6 Å². The van der Waals surface area contributed by atoms with Crippen molar-refractivity contribution in [2.24, 2.45) is 0 Å². The van der Waals surface area contributed by atoms with Crippen LogP contribution in [0.15, 0.2) is 48.5 Å². The standard InChI is InChI=1S/C26H28F3N3O4.H3N/c27-26(28,29)19-9-13-21(14-10-19)31-25(36)32-15-1-2-22(32)23(33)30-20-11-7-17(8-12-20)16-3-5-18(6-4-16)24(34)35;/h3-6,9-10,13-14,17,20,22H,1-2,7-8,11-12,15H2,(H,30,33)(H,31,36)(H,34,35);1H3/t17?,20?,22-;/m1./s1. The second-order valence-electron chi connectivity index (χ2n) is 9.34. The number of carbonyl (C=O) groups is 3. The highest BCUT2D eigenvalue weighted by Gasteiger charge is 2.36. The first kappa shape index (κ1) is 28.0. The number of hydrogen-bond acceptors (Lipinski definition) is 4. The molecule has 1 aliphatic carbocycles. The Kier molecular flexibility index (Phi) is 8.80. The minimum atomic E-state index is -4.45. The maximum atomic E-state index is 13.0. The molecule has 1 atom stereocenters. The van der Waals surface area contributed by atoms with E-state index in [2.05, 4.69) is 10.6 Å². The van der Waals surface area contributed by atoms with Crippen LogP contribution in [-0.4, -0.2) is 46.5 Å². The lowest BCUT2D eigenvalue weighted by molar-refractivity contribution is -0.137. The average molecular weight is 521 g/mol. The molecule has 1 saturated carbocycles. The molecule has 2 aromatic rings. The number of likely N-dealkylation sites (tertiary alicyclic amines) is 1. The smallest absolute Gasteiger partial charge is 0.416 e. The summed E-state index contributed by atoms with van der Waals surface area (Å²) in [4.78, 5) is 38.2. The summed E-state index contributed by atoms with van der Waals surface area (Å²) in [5.74, 6) is -0.871. The Hall–Kier alpha value is -3.60. The molecule has 2 aliphatic rings. The third-order valence-electron chi connectivity index (χ3n) is 6.98.